The molecule has 0 N–H and O–H groups in total. The van der Waals surface area contributed by atoms with Crippen LogP contribution in [0.2, 0.25) is 0 Å². The molecule has 30 heavy (non-hydrogen) atoms. The molecule has 2 heterocycles. The van der Waals surface area contributed by atoms with Crippen molar-refractivity contribution in [2.45, 2.75) is 13.8 Å². The molecule has 0 radical (unpaired) electrons. The number of ether oxygens (including phenoxy) is 1. The van der Waals surface area contributed by atoms with Gasteiger partial charge >= 0.3 is 12.0 Å². The van der Waals surface area contributed by atoms with Crippen LogP contribution in [0, 0.1) is 5.92 Å². The van der Waals surface area contributed by atoms with Gasteiger partial charge in [0.1, 0.15) is 17.1 Å². The summed E-state index contributed by atoms with van der Waals surface area (Å²) >= 11 is 0. The summed E-state index contributed by atoms with van der Waals surface area (Å²) in [4.78, 5) is 50.3. The number of esters is 1. The van der Waals surface area contributed by atoms with E-state index in [9.17, 15) is 19.2 Å². The largest absolute Gasteiger partial charge is 0.462 e. The van der Waals surface area contributed by atoms with E-state index in [1.807, 2.05) is 13.8 Å². The molecule has 1 aromatic heterocycles. The Morgan fingerprint density at radius 2 is 1.73 bits per heavy atom. The maximum absolute atomic E-state index is 12.3. The minimum absolute atomic E-state index is 0.175. The van der Waals surface area contributed by atoms with Crippen molar-refractivity contribution in [1.82, 2.24) is 9.80 Å². The third-order valence-electron chi connectivity index (χ3n) is 4.49. The third kappa shape index (κ3) is 4.17. The summed E-state index contributed by atoms with van der Waals surface area (Å²) in [7, 11) is 2.61. The number of imide groups is 2. The maximum atomic E-state index is 12.3. The van der Waals surface area contributed by atoms with E-state index >= 15 is 0 Å². The van der Waals surface area contributed by atoms with E-state index in [1.54, 1.807) is 36.4 Å². The van der Waals surface area contributed by atoms with Crippen LogP contribution in [0.3, 0.4) is 0 Å². The summed E-state index contributed by atoms with van der Waals surface area (Å²) in [6.07, 6.45) is 1.30. The Labute approximate surface area is 173 Å². The molecule has 1 saturated heterocycles. The van der Waals surface area contributed by atoms with Crippen LogP contribution in [0.1, 0.15) is 30.0 Å². The van der Waals surface area contributed by atoms with E-state index in [0.717, 1.165) is 9.80 Å². The normalized spacial score (nSPS) is 14.6. The lowest BCUT2D eigenvalue weighted by Gasteiger charge is -2.28. The first kappa shape index (κ1) is 21.0. The van der Waals surface area contributed by atoms with Crippen LogP contribution in [0.5, 0.6) is 0 Å². The highest BCUT2D eigenvalue weighted by molar-refractivity contribution is 6.30. The molecule has 0 aliphatic carbocycles. The van der Waals surface area contributed by atoms with Crippen molar-refractivity contribution < 1.29 is 28.3 Å². The molecule has 8 heteroatoms. The van der Waals surface area contributed by atoms with E-state index in [4.69, 9.17) is 9.15 Å². The van der Waals surface area contributed by atoms with Crippen molar-refractivity contribution in [2.75, 3.05) is 20.7 Å². The molecule has 1 fully saturated rings. The molecule has 1 aliphatic rings. The highest BCUT2D eigenvalue weighted by atomic mass is 16.5. The van der Waals surface area contributed by atoms with Gasteiger partial charge in [0.05, 0.1) is 12.2 Å². The van der Waals surface area contributed by atoms with E-state index in [1.165, 1.54) is 20.2 Å². The maximum Gasteiger partial charge on any atom is 0.338 e. The predicted molar refractivity (Wildman–Crippen MR) is 108 cm³/mol. The zero-order chi connectivity index (χ0) is 22.0. The molecule has 4 amide bonds. The van der Waals surface area contributed by atoms with Crippen molar-refractivity contribution in [3.05, 3.63) is 53.3 Å². The minimum Gasteiger partial charge on any atom is -0.462 e. The fraction of sp³-hybridized carbons (Fsp3) is 0.273. The van der Waals surface area contributed by atoms with E-state index < -0.39 is 23.8 Å². The number of likely N-dealkylation sites (N-methyl/N-ethyl adjacent to an activating group) is 2. The number of hydrogen-bond donors (Lipinski definition) is 0. The van der Waals surface area contributed by atoms with Gasteiger partial charge in [-0.3, -0.25) is 19.4 Å². The number of carbonyl (C=O) groups is 4. The summed E-state index contributed by atoms with van der Waals surface area (Å²) in [5.41, 5.74) is 0.861. The summed E-state index contributed by atoms with van der Waals surface area (Å²) in [5.74, 6) is -0.864. The van der Waals surface area contributed by atoms with Crippen LogP contribution < -0.4 is 0 Å². The van der Waals surface area contributed by atoms with Crippen LogP contribution in [0.4, 0.5) is 4.79 Å². The van der Waals surface area contributed by atoms with Gasteiger partial charge in [-0.05, 0) is 36.3 Å². The van der Waals surface area contributed by atoms with Crippen LogP contribution in [0.25, 0.3) is 17.4 Å². The third-order valence-corrected chi connectivity index (χ3v) is 4.49. The van der Waals surface area contributed by atoms with Gasteiger partial charge in [-0.25, -0.2) is 9.59 Å². The van der Waals surface area contributed by atoms with Gasteiger partial charge in [-0.15, -0.1) is 0 Å². The Morgan fingerprint density at radius 3 is 2.37 bits per heavy atom. The molecule has 156 valence electrons. The van der Waals surface area contributed by atoms with Crippen LogP contribution in [0.15, 0.2) is 46.4 Å². The second-order valence-electron chi connectivity index (χ2n) is 7.34. The molecule has 0 atom stereocenters. The summed E-state index contributed by atoms with van der Waals surface area (Å²) in [6, 6.07) is 9.36. The number of urea groups is 1. The summed E-state index contributed by atoms with van der Waals surface area (Å²) < 4.78 is 11.0. The molecule has 0 unspecified atom stereocenters. The molecule has 3 rings (SSSR count). The topological polar surface area (TPSA) is 97.1 Å². The monoisotopic (exact) mass is 410 g/mol. The predicted octanol–water partition coefficient (Wildman–Crippen LogP) is 3.19. The zero-order valence-electron chi connectivity index (χ0n) is 17.2. The van der Waals surface area contributed by atoms with Crippen molar-refractivity contribution in [3.8, 4) is 11.3 Å². The summed E-state index contributed by atoms with van der Waals surface area (Å²) in [5, 5.41) is 0. The van der Waals surface area contributed by atoms with Crippen molar-refractivity contribution in [3.63, 3.8) is 0 Å². The Balaban J connectivity index is 1.85. The molecule has 0 bridgehead atoms. The second-order valence-corrected chi connectivity index (χ2v) is 7.34. The summed E-state index contributed by atoms with van der Waals surface area (Å²) in [6.45, 7) is 4.24. The first-order valence-electron chi connectivity index (χ1n) is 9.38. The Hall–Kier alpha value is -3.68. The van der Waals surface area contributed by atoms with Crippen LogP contribution in [-0.2, 0) is 14.3 Å². The number of furan rings is 1. The van der Waals surface area contributed by atoms with E-state index in [2.05, 4.69) is 0 Å². The second kappa shape index (κ2) is 8.36. The molecular formula is C22H22N2O6. The van der Waals surface area contributed by atoms with E-state index in [-0.39, 0.29) is 17.3 Å². The number of hydrogen-bond acceptors (Lipinski definition) is 6. The van der Waals surface area contributed by atoms with Crippen LogP contribution >= 0.6 is 0 Å². The lowest BCUT2D eigenvalue weighted by Crippen LogP contribution is -2.52. The van der Waals surface area contributed by atoms with Crippen molar-refractivity contribution in [2.24, 2.45) is 5.92 Å². The quantitative estimate of drug-likeness (QED) is 0.427. The lowest BCUT2D eigenvalue weighted by molar-refractivity contribution is -0.134. The molecule has 1 aromatic carbocycles. The van der Waals surface area contributed by atoms with Gasteiger partial charge in [0.25, 0.3) is 11.8 Å². The molecule has 8 nitrogen and oxygen atoms in total. The Morgan fingerprint density at radius 1 is 1.07 bits per heavy atom. The fourth-order valence-corrected chi connectivity index (χ4v) is 2.83. The Kier molecular flexibility index (Phi) is 5.86. The first-order valence-corrected chi connectivity index (χ1v) is 9.38. The average Bonchev–Trinajstić information content (AvgIpc) is 3.21. The molecular weight excluding hydrogens is 388 g/mol. The SMILES string of the molecule is CC(C)COC(=O)c1cccc(-c2ccc(C=C3C(=O)N(C)C(=O)N(C)C3=O)o2)c1. The molecule has 2 aromatic rings. The average molecular weight is 410 g/mol. The van der Waals surface area contributed by atoms with Crippen molar-refractivity contribution in [1.29, 1.82) is 0 Å². The number of barbiturate groups is 1. The van der Waals surface area contributed by atoms with E-state index in [0.29, 0.717) is 23.5 Å². The zero-order valence-corrected chi connectivity index (χ0v) is 17.2. The smallest absolute Gasteiger partial charge is 0.338 e. The number of benzene rings is 1. The van der Waals surface area contributed by atoms with Crippen LogP contribution in [-0.4, -0.2) is 54.3 Å². The standard InChI is InChI=1S/C22H22N2O6/c1-13(2)12-29-21(27)15-7-5-6-14(10-15)18-9-8-16(30-18)11-17-19(25)23(3)22(28)24(4)20(17)26/h5-11,13H,12H2,1-4H3. The lowest BCUT2D eigenvalue weighted by atomic mass is 10.1. The van der Waals surface area contributed by atoms with Crippen molar-refractivity contribution >= 4 is 29.9 Å². The van der Waals surface area contributed by atoms with Gasteiger partial charge in [0.2, 0.25) is 0 Å². The molecule has 0 saturated carbocycles. The first-order chi connectivity index (χ1) is 14.2. The number of carbonyl (C=O) groups excluding carboxylic acids is 4. The van der Waals surface area contributed by atoms with Gasteiger partial charge in [0, 0.05) is 19.7 Å². The van der Waals surface area contributed by atoms with Gasteiger partial charge in [-0.1, -0.05) is 26.0 Å². The molecule has 1 aliphatic heterocycles. The highest BCUT2D eigenvalue weighted by Crippen LogP contribution is 2.26. The molecule has 0 spiro atoms. The van der Waals surface area contributed by atoms with Gasteiger partial charge in [-0.2, -0.15) is 0 Å². The number of rotatable bonds is 5. The Bertz CT molecular complexity index is 1020. The number of nitrogens with zero attached hydrogens (tertiary/aromatic N) is 2. The van der Waals surface area contributed by atoms with Gasteiger partial charge in [0.15, 0.2) is 0 Å². The number of amides is 4. The van der Waals surface area contributed by atoms with Gasteiger partial charge < -0.3 is 9.15 Å². The highest BCUT2D eigenvalue weighted by Gasteiger charge is 2.38. The minimum atomic E-state index is -0.698. The fourth-order valence-electron chi connectivity index (χ4n) is 2.83.